The van der Waals surface area contributed by atoms with Gasteiger partial charge in [0.2, 0.25) is 6.73 Å². The van der Waals surface area contributed by atoms with Gasteiger partial charge in [0.15, 0.2) is 11.0 Å². The van der Waals surface area contributed by atoms with Gasteiger partial charge in [0.1, 0.15) is 23.9 Å². The van der Waals surface area contributed by atoms with Gasteiger partial charge in [-0.15, -0.1) is 5.10 Å². The van der Waals surface area contributed by atoms with Crippen molar-refractivity contribution in [3.8, 4) is 11.5 Å². The standard InChI is InChI=1S/C23H28N6O4/c1-4-17-21(24-15-7-9-32-10-8-15)26-20-19(25-17)22(27-28-23(20)30)29(2)12-14-5-6-16(31-3)11-18(14)33-13-29/h5-6,11,15H,4,7-10,12-13H2,1-3H3,(H-,24,25,26,27,28,30)/p+1. The second-order valence-corrected chi connectivity index (χ2v) is 8.78. The van der Waals surface area contributed by atoms with E-state index in [2.05, 4.69) is 15.5 Å². The minimum Gasteiger partial charge on any atom is -0.497 e. The quantitative estimate of drug-likeness (QED) is 0.567. The van der Waals surface area contributed by atoms with Crippen molar-refractivity contribution in [3.63, 3.8) is 0 Å². The van der Waals surface area contributed by atoms with Crippen LogP contribution in [0.5, 0.6) is 11.5 Å². The molecule has 2 aliphatic heterocycles. The molecule has 2 N–H and O–H groups in total. The van der Waals surface area contributed by atoms with Crippen LogP contribution in [0.15, 0.2) is 23.0 Å². The number of rotatable bonds is 5. The molecular weight excluding hydrogens is 424 g/mol. The summed E-state index contributed by atoms with van der Waals surface area (Å²) in [5.74, 6) is 2.84. The molecule has 0 saturated carbocycles. The smallest absolute Gasteiger partial charge is 0.292 e. The number of quaternary nitrogens is 1. The van der Waals surface area contributed by atoms with Gasteiger partial charge in [-0.1, -0.05) is 6.92 Å². The summed E-state index contributed by atoms with van der Waals surface area (Å²) in [7, 11) is 3.66. The van der Waals surface area contributed by atoms with Gasteiger partial charge in [0.25, 0.3) is 11.4 Å². The number of ether oxygens (including phenoxy) is 3. The molecule has 1 atom stereocenters. The van der Waals surface area contributed by atoms with E-state index in [1.807, 2.05) is 32.2 Å². The fourth-order valence-electron chi connectivity index (χ4n) is 4.46. The number of methoxy groups -OCH3 is 1. The highest BCUT2D eigenvalue weighted by molar-refractivity contribution is 5.85. The van der Waals surface area contributed by atoms with Crippen molar-refractivity contribution in [1.29, 1.82) is 0 Å². The van der Waals surface area contributed by atoms with E-state index in [1.54, 1.807) is 7.11 Å². The van der Waals surface area contributed by atoms with Gasteiger partial charge < -0.3 is 19.5 Å². The molecule has 10 nitrogen and oxygen atoms in total. The molecule has 1 aromatic carbocycles. The van der Waals surface area contributed by atoms with E-state index < -0.39 is 0 Å². The molecule has 1 fully saturated rings. The molecule has 33 heavy (non-hydrogen) atoms. The first-order valence-corrected chi connectivity index (χ1v) is 11.3. The largest absolute Gasteiger partial charge is 0.497 e. The highest BCUT2D eigenvalue weighted by Crippen LogP contribution is 2.36. The normalized spacial score (nSPS) is 20.8. The SMILES string of the molecule is CCc1nc2c([N+]3(C)COc4cc(OC)ccc4C3)n[nH]c(=O)c2nc1NC1CCOCC1. The number of aryl methyl sites for hydroxylation is 1. The molecule has 4 heterocycles. The van der Waals surface area contributed by atoms with Crippen molar-refractivity contribution in [2.24, 2.45) is 0 Å². The number of H-pyrrole nitrogens is 1. The van der Waals surface area contributed by atoms with E-state index in [1.165, 1.54) is 0 Å². The van der Waals surface area contributed by atoms with Crippen molar-refractivity contribution in [2.75, 3.05) is 39.4 Å². The Kier molecular flexibility index (Phi) is 5.63. The molecule has 174 valence electrons. The number of fused-ring (bicyclic) bond motifs is 2. The third kappa shape index (κ3) is 4.00. The van der Waals surface area contributed by atoms with Crippen LogP contribution in [-0.2, 0) is 17.7 Å². The molecule has 1 unspecified atom stereocenters. The van der Waals surface area contributed by atoms with E-state index in [4.69, 9.17) is 24.2 Å². The van der Waals surface area contributed by atoms with E-state index in [-0.39, 0.29) is 17.1 Å². The maximum atomic E-state index is 12.7. The Morgan fingerprint density at radius 3 is 2.82 bits per heavy atom. The van der Waals surface area contributed by atoms with Crippen LogP contribution in [0.2, 0.25) is 0 Å². The summed E-state index contributed by atoms with van der Waals surface area (Å²) in [6.07, 6.45) is 2.48. The van der Waals surface area contributed by atoms with Crippen LogP contribution in [0, 0.1) is 0 Å². The zero-order chi connectivity index (χ0) is 23.0. The molecule has 0 aliphatic carbocycles. The zero-order valence-corrected chi connectivity index (χ0v) is 19.2. The van der Waals surface area contributed by atoms with Crippen molar-refractivity contribution in [2.45, 2.75) is 38.8 Å². The third-order valence-corrected chi connectivity index (χ3v) is 6.37. The van der Waals surface area contributed by atoms with Gasteiger partial charge in [-0.2, -0.15) is 0 Å². The van der Waals surface area contributed by atoms with Crippen LogP contribution < -0.4 is 24.8 Å². The lowest BCUT2D eigenvalue weighted by Gasteiger charge is -2.36. The lowest BCUT2D eigenvalue weighted by molar-refractivity contribution is 0.0903. The lowest BCUT2D eigenvalue weighted by Crippen LogP contribution is -2.51. The molecule has 3 aromatic rings. The van der Waals surface area contributed by atoms with Gasteiger partial charge in [-0.05, 0) is 31.4 Å². The summed E-state index contributed by atoms with van der Waals surface area (Å²) in [4.78, 5) is 22.3. The zero-order valence-electron chi connectivity index (χ0n) is 19.2. The number of aromatic amines is 1. The summed E-state index contributed by atoms with van der Waals surface area (Å²) in [5.41, 5.74) is 2.29. The van der Waals surface area contributed by atoms with Crippen LogP contribution in [0.1, 0.15) is 31.0 Å². The second kappa shape index (κ2) is 8.60. The van der Waals surface area contributed by atoms with Crippen molar-refractivity contribution < 1.29 is 14.2 Å². The molecule has 0 radical (unpaired) electrons. The van der Waals surface area contributed by atoms with Crippen molar-refractivity contribution >= 4 is 22.7 Å². The summed E-state index contributed by atoms with van der Waals surface area (Å²) in [6, 6.07) is 6.06. The van der Waals surface area contributed by atoms with Gasteiger partial charge in [-0.3, -0.25) is 4.79 Å². The summed E-state index contributed by atoms with van der Waals surface area (Å²) >= 11 is 0. The van der Waals surface area contributed by atoms with Gasteiger partial charge in [0.05, 0.1) is 19.9 Å². The van der Waals surface area contributed by atoms with Crippen molar-refractivity contribution in [1.82, 2.24) is 24.6 Å². The molecule has 2 aliphatic rings. The van der Waals surface area contributed by atoms with Crippen LogP contribution in [0.3, 0.4) is 0 Å². The highest BCUT2D eigenvalue weighted by Gasteiger charge is 2.37. The third-order valence-electron chi connectivity index (χ3n) is 6.37. The minimum absolute atomic E-state index is 0.254. The first-order valence-electron chi connectivity index (χ1n) is 11.3. The second-order valence-electron chi connectivity index (χ2n) is 8.78. The first kappa shape index (κ1) is 21.6. The highest BCUT2D eigenvalue weighted by atomic mass is 16.5. The number of benzene rings is 1. The summed E-state index contributed by atoms with van der Waals surface area (Å²) < 4.78 is 17.2. The maximum Gasteiger partial charge on any atom is 0.292 e. The van der Waals surface area contributed by atoms with Crippen LogP contribution in [-0.4, -0.2) is 60.3 Å². The molecule has 5 rings (SSSR count). The predicted octanol–water partition coefficient (Wildman–Crippen LogP) is 2.36. The summed E-state index contributed by atoms with van der Waals surface area (Å²) in [6.45, 7) is 4.46. The fourth-order valence-corrected chi connectivity index (χ4v) is 4.46. The fraction of sp³-hybridized carbons (Fsp3) is 0.478. The van der Waals surface area contributed by atoms with E-state index in [0.717, 1.165) is 48.8 Å². The van der Waals surface area contributed by atoms with Crippen LogP contribution in [0.4, 0.5) is 11.6 Å². The molecular formula is C23H29N6O4+. The topological polar surface area (TPSA) is 111 Å². The Balaban J connectivity index is 1.56. The Labute approximate surface area is 191 Å². The maximum absolute atomic E-state index is 12.7. The monoisotopic (exact) mass is 453 g/mol. The molecule has 1 saturated heterocycles. The van der Waals surface area contributed by atoms with Gasteiger partial charge in [0, 0.05) is 30.9 Å². The average molecular weight is 454 g/mol. The Morgan fingerprint density at radius 1 is 1.24 bits per heavy atom. The van der Waals surface area contributed by atoms with Crippen molar-refractivity contribution in [3.05, 3.63) is 39.8 Å². The number of hydrogen-bond donors (Lipinski definition) is 2. The van der Waals surface area contributed by atoms with E-state index in [0.29, 0.717) is 41.3 Å². The predicted molar refractivity (Wildman–Crippen MR) is 125 cm³/mol. The van der Waals surface area contributed by atoms with Gasteiger partial charge >= 0.3 is 0 Å². The molecule has 0 spiro atoms. The lowest BCUT2D eigenvalue weighted by atomic mass is 10.1. The van der Waals surface area contributed by atoms with E-state index in [9.17, 15) is 4.79 Å². The first-order chi connectivity index (χ1) is 16.0. The number of nitrogens with zero attached hydrogens (tertiary/aromatic N) is 4. The average Bonchev–Trinajstić information content (AvgIpc) is 2.84. The summed E-state index contributed by atoms with van der Waals surface area (Å²) in [5, 5.41) is 10.5. The molecule has 10 heteroatoms. The Bertz CT molecular complexity index is 1240. The van der Waals surface area contributed by atoms with Gasteiger partial charge in [-0.25, -0.2) is 19.5 Å². The minimum atomic E-state index is -0.353. The van der Waals surface area contributed by atoms with Crippen LogP contribution >= 0.6 is 0 Å². The van der Waals surface area contributed by atoms with E-state index >= 15 is 0 Å². The number of hydrogen-bond acceptors (Lipinski definition) is 8. The molecule has 2 aromatic heterocycles. The number of anilines is 1. The van der Waals surface area contributed by atoms with Crippen LogP contribution in [0.25, 0.3) is 11.0 Å². The Morgan fingerprint density at radius 2 is 2.06 bits per heavy atom. The number of nitrogens with one attached hydrogen (secondary N) is 2. The molecule has 0 amide bonds. The Hall–Kier alpha value is -3.24. The number of aromatic nitrogens is 4. The molecule has 0 bridgehead atoms.